The first kappa shape index (κ1) is 26.2. The Kier molecular flexibility index (Phi) is 12.6. The first-order chi connectivity index (χ1) is 14.8. The van der Waals surface area contributed by atoms with Crippen LogP contribution in [0, 0.1) is 0 Å². The third kappa shape index (κ3) is 8.10. The van der Waals surface area contributed by atoms with Crippen molar-refractivity contribution in [3.8, 4) is 0 Å². The Hall–Kier alpha value is -1.04. The van der Waals surface area contributed by atoms with Gasteiger partial charge < -0.3 is 0 Å². The van der Waals surface area contributed by atoms with E-state index >= 15 is 0 Å². The van der Waals surface area contributed by atoms with Gasteiger partial charge in [-0.3, -0.25) is 0 Å². The molecule has 0 saturated carbocycles. The summed E-state index contributed by atoms with van der Waals surface area (Å²) in [6.07, 6.45) is 37.8. The van der Waals surface area contributed by atoms with Crippen LogP contribution in [0.15, 0.2) is 90.8 Å². The second-order valence-corrected chi connectivity index (χ2v) is 13.7. The first-order valence-corrected chi connectivity index (χ1v) is 15.3. The van der Waals surface area contributed by atoms with Gasteiger partial charge in [0.1, 0.15) is 0 Å². The molecule has 0 atom stereocenters. The molecule has 0 fully saturated rings. The zero-order chi connectivity index (χ0) is 21.0. The summed E-state index contributed by atoms with van der Waals surface area (Å²) in [5.74, 6) is 0. The van der Waals surface area contributed by atoms with Crippen molar-refractivity contribution < 1.29 is 27.8 Å². The van der Waals surface area contributed by atoms with E-state index in [0.717, 1.165) is 0 Å². The Labute approximate surface area is 201 Å². The second kappa shape index (κ2) is 14.9. The van der Waals surface area contributed by atoms with Crippen LogP contribution < -0.4 is 0 Å². The van der Waals surface area contributed by atoms with Crippen molar-refractivity contribution in [3.63, 3.8) is 0 Å². The first-order valence-electron chi connectivity index (χ1n) is 11.5. The Balaban J connectivity index is 0.000000213. The maximum absolute atomic E-state index is 2.36. The van der Waals surface area contributed by atoms with Crippen LogP contribution in [-0.2, 0) is 27.8 Å². The second-order valence-electron chi connectivity index (χ2n) is 7.66. The number of hydrogen-bond acceptors (Lipinski definition) is 0. The van der Waals surface area contributed by atoms with Gasteiger partial charge in [0, 0.05) is 0 Å². The van der Waals surface area contributed by atoms with Crippen LogP contribution in [0.4, 0.5) is 0 Å². The van der Waals surface area contributed by atoms with Gasteiger partial charge in [-0.2, -0.15) is 0 Å². The fourth-order valence-corrected chi connectivity index (χ4v) is 10.4. The van der Waals surface area contributed by atoms with Crippen molar-refractivity contribution in [1.82, 2.24) is 0 Å². The van der Waals surface area contributed by atoms with E-state index in [1.54, 1.807) is 17.9 Å². The van der Waals surface area contributed by atoms with Gasteiger partial charge in [0.25, 0.3) is 0 Å². The summed E-state index contributed by atoms with van der Waals surface area (Å²) in [6.45, 7) is 4.58. The quantitative estimate of drug-likeness (QED) is 0.261. The van der Waals surface area contributed by atoms with Gasteiger partial charge in [-0.25, -0.2) is 0 Å². The Morgan fingerprint density at radius 3 is 1.03 bits per heavy atom. The van der Waals surface area contributed by atoms with E-state index in [1.165, 1.54) is 62.0 Å². The third-order valence-electron chi connectivity index (χ3n) is 5.27. The van der Waals surface area contributed by atoms with Crippen molar-refractivity contribution in [1.29, 1.82) is 0 Å². The summed E-state index contributed by atoms with van der Waals surface area (Å²) in [7, 11) is 0. The molecule has 0 bridgehead atoms. The van der Waals surface area contributed by atoms with Crippen LogP contribution in [0.5, 0.6) is 0 Å². The predicted molar refractivity (Wildman–Crippen MR) is 134 cm³/mol. The molecule has 0 nitrogen and oxygen atoms in total. The zero-order valence-electron chi connectivity index (χ0n) is 18.7. The molecule has 0 unspecified atom stereocenters. The number of rotatable bonds is 10. The molecular formula is C29H42Fe2. The standard InChI is InChI=1S/4C5H5.2C4H9.CH4.2Fe/c4*1-2-4-5-3-1;2*1-3-4-2;;;/h4*1-3H,4H2;2*1,3-4H2,2H3;1H4;;. The molecule has 4 rings (SSSR count). The molecule has 2 heteroatoms. The number of hydrogen-bond donors (Lipinski definition) is 0. The molecule has 4 aliphatic carbocycles. The molecule has 4 aliphatic rings. The number of unbranched alkanes of at least 4 members (excludes halogenated alkanes) is 2. The van der Waals surface area contributed by atoms with E-state index in [-0.39, 0.29) is 35.2 Å². The Bertz CT molecular complexity index is 671. The van der Waals surface area contributed by atoms with Crippen LogP contribution >= 0.6 is 0 Å². The van der Waals surface area contributed by atoms with E-state index in [9.17, 15) is 0 Å². The van der Waals surface area contributed by atoms with E-state index in [2.05, 4.69) is 86.8 Å². The Morgan fingerprint density at radius 2 is 0.839 bits per heavy atom. The summed E-state index contributed by atoms with van der Waals surface area (Å²) in [4.78, 5) is 0. The molecule has 31 heavy (non-hydrogen) atoms. The number of allylic oxidation sites excluding steroid dienone is 16. The van der Waals surface area contributed by atoms with Crippen LogP contribution in [-0.4, -0.2) is 0 Å². The van der Waals surface area contributed by atoms with Gasteiger partial charge in [0.05, 0.1) is 0 Å². The van der Waals surface area contributed by atoms with E-state index in [4.69, 9.17) is 0 Å². The minimum atomic E-state index is -0.168. The van der Waals surface area contributed by atoms with Gasteiger partial charge >= 0.3 is 194 Å². The molecule has 0 saturated heterocycles. The van der Waals surface area contributed by atoms with Crippen molar-refractivity contribution in [3.05, 3.63) is 90.8 Å². The van der Waals surface area contributed by atoms with Crippen molar-refractivity contribution in [2.24, 2.45) is 0 Å². The topological polar surface area (TPSA) is 0 Å². The van der Waals surface area contributed by atoms with E-state index in [0.29, 0.717) is 0 Å². The van der Waals surface area contributed by atoms with Gasteiger partial charge in [-0.15, -0.1) is 0 Å². The molecule has 0 aliphatic heterocycles. The summed E-state index contributed by atoms with van der Waals surface area (Å²) in [5, 5.41) is 2.83. The third-order valence-corrected chi connectivity index (χ3v) is 12.2. The minimum absolute atomic E-state index is 0. The summed E-state index contributed by atoms with van der Waals surface area (Å²) < 4.78 is 6.83. The molecule has 0 aromatic carbocycles. The van der Waals surface area contributed by atoms with Gasteiger partial charge in [0.15, 0.2) is 0 Å². The average Bonchev–Trinajstić information content (AvgIpc) is 3.59. The monoisotopic (exact) mass is 502 g/mol. The summed E-state index contributed by atoms with van der Waals surface area (Å²) in [5.41, 5.74) is 0. The van der Waals surface area contributed by atoms with Crippen LogP contribution in [0.3, 0.4) is 0 Å². The summed E-state index contributed by atoms with van der Waals surface area (Å²) in [6, 6.07) is 0. The summed E-state index contributed by atoms with van der Waals surface area (Å²) >= 11 is -0.337. The predicted octanol–water partition coefficient (Wildman–Crippen LogP) is 9.66. The fourth-order valence-electron chi connectivity index (χ4n) is 3.54. The Morgan fingerprint density at radius 1 is 0.548 bits per heavy atom. The molecule has 0 radical (unpaired) electrons. The molecule has 0 aromatic rings. The van der Waals surface area contributed by atoms with E-state index in [1.807, 2.05) is 0 Å². The van der Waals surface area contributed by atoms with Crippen molar-refractivity contribution in [2.75, 3.05) is 0 Å². The van der Waals surface area contributed by atoms with E-state index < -0.39 is 0 Å². The normalized spacial score (nSPS) is 18.8. The van der Waals surface area contributed by atoms with Crippen LogP contribution in [0.2, 0.25) is 10.6 Å². The van der Waals surface area contributed by atoms with Crippen LogP contribution in [0.1, 0.15) is 72.6 Å². The van der Waals surface area contributed by atoms with Gasteiger partial charge in [-0.1, -0.05) is 7.43 Å². The van der Waals surface area contributed by atoms with Gasteiger partial charge in [-0.05, 0) is 0 Å². The molecule has 0 heterocycles. The van der Waals surface area contributed by atoms with Crippen molar-refractivity contribution >= 4 is 0 Å². The molecule has 0 amide bonds. The zero-order valence-corrected chi connectivity index (χ0v) is 20.9. The molecule has 0 N–H and O–H groups in total. The van der Waals surface area contributed by atoms with Crippen molar-refractivity contribution in [2.45, 2.75) is 83.3 Å². The average molecular weight is 502 g/mol. The SMILES string of the molecule is C.CCC[CH2][Fe]([C]1=CC=CC1)[C]1=CC=CC1.CCC[CH2][Fe]([C]1=CC=CC1)[C]1=CC=CC1. The fraction of sp³-hybridized carbons (Fsp3) is 0.448. The van der Waals surface area contributed by atoms with Crippen LogP contribution in [0.25, 0.3) is 0 Å². The molecule has 0 spiro atoms. The molecule has 0 aromatic heterocycles. The molecule has 174 valence electrons. The maximum atomic E-state index is 2.36. The van der Waals surface area contributed by atoms with Gasteiger partial charge in [0.2, 0.25) is 0 Å². The molecular weight excluding hydrogens is 460 g/mol.